The average molecular weight is 417 g/mol. The number of rotatable bonds is 5. The van der Waals surface area contributed by atoms with Gasteiger partial charge < -0.3 is 9.64 Å². The van der Waals surface area contributed by atoms with Crippen molar-refractivity contribution in [1.29, 1.82) is 0 Å². The van der Waals surface area contributed by atoms with Crippen LogP contribution in [0.4, 0.5) is 5.69 Å². The standard InChI is InChI=1S/C22H25ClN2O2S/c1-6-11-27-15-8-7-14-12-19(28-18(14)13-15)16-9-10-17(20(23)24-16)25(5)21(26)22(2,3)4/h7-10,12-13H,6,11H2,1-5H3. The molecule has 0 unspecified atom stereocenters. The van der Waals surface area contributed by atoms with Gasteiger partial charge in [0, 0.05) is 17.2 Å². The number of carbonyl (C=O) groups is 1. The first-order chi connectivity index (χ1) is 13.2. The Morgan fingerprint density at radius 1 is 1.21 bits per heavy atom. The van der Waals surface area contributed by atoms with E-state index in [1.807, 2.05) is 39.0 Å². The first kappa shape index (κ1) is 20.6. The van der Waals surface area contributed by atoms with Crippen LogP contribution in [0.25, 0.3) is 20.7 Å². The van der Waals surface area contributed by atoms with Gasteiger partial charge in [-0.3, -0.25) is 4.79 Å². The molecule has 1 amide bonds. The second-order valence-corrected chi connectivity index (χ2v) is 9.22. The van der Waals surface area contributed by atoms with Crippen LogP contribution in [0, 0.1) is 5.41 Å². The number of thiophene rings is 1. The van der Waals surface area contributed by atoms with Crippen molar-refractivity contribution in [3.63, 3.8) is 0 Å². The van der Waals surface area contributed by atoms with Gasteiger partial charge in [0.1, 0.15) is 5.75 Å². The summed E-state index contributed by atoms with van der Waals surface area (Å²) in [5.74, 6) is 0.872. The quantitative estimate of drug-likeness (QED) is 0.451. The van der Waals surface area contributed by atoms with Gasteiger partial charge in [-0.15, -0.1) is 11.3 Å². The van der Waals surface area contributed by atoms with Gasteiger partial charge in [-0.25, -0.2) is 4.98 Å². The van der Waals surface area contributed by atoms with Crippen molar-refractivity contribution in [2.24, 2.45) is 5.41 Å². The van der Waals surface area contributed by atoms with Gasteiger partial charge in [0.2, 0.25) is 5.91 Å². The smallest absolute Gasteiger partial charge is 0.232 e. The zero-order valence-corrected chi connectivity index (χ0v) is 18.4. The van der Waals surface area contributed by atoms with E-state index in [0.717, 1.165) is 32.8 Å². The minimum Gasteiger partial charge on any atom is -0.494 e. The molecule has 3 aromatic rings. The molecule has 3 rings (SSSR count). The summed E-state index contributed by atoms with van der Waals surface area (Å²) in [6.45, 7) is 8.46. The lowest BCUT2D eigenvalue weighted by molar-refractivity contribution is -0.125. The van der Waals surface area contributed by atoms with Crippen molar-refractivity contribution in [2.45, 2.75) is 34.1 Å². The molecule has 0 saturated carbocycles. The van der Waals surface area contributed by atoms with Crippen LogP contribution in [0.5, 0.6) is 5.75 Å². The Labute approximate surface area is 175 Å². The predicted octanol–water partition coefficient (Wildman–Crippen LogP) is 6.41. The summed E-state index contributed by atoms with van der Waals surface area (Å²) in [7, 11) is 1.73. The summed E-state index contributed by atoms with van der Waals surface area (Å²) in [5, 5.41) is 1.47. The predicted molar refractivity (Wildman–Crippen MR) is 119 cm³/mol. The number of carbonyl (C=O) groups excluding carboxylic acids is 1. The van der Waals surface area contributed by atoms with Crippen LogP contribution in [-0.2, 0) is 4.79 Å². The highest BCUT2D eigenvalue weighted by Gasteiger charge is 2.27. The number of hydrogen-bond acceptors (Lipinski definition) is 4. The lowest BCUT2D eigenvalue weighted by Crippen LogP contribution is -2.36. The van der Waals surface area contributed by atoms with Crippen molar-refractivity contribution in [1.82, 2.24) is 4.98 Å². The van der Waals surface area contributed by atoms with Crippen molar-refractivity contribution < 1.29 is 9.53 Å². The molecular formula is C22H25ClN2O2S. The van der Waals surface area contributed by atoms with E-state index < -0.39 is 5.41 Å². The third kappa shape index (κ3) is 4.31. The minimum absolute atomic E-state index is 0.00887. The molecule has 0 aliphatic carbocycles. The third-order valence-electron chi connectivity index (χ3n) is 4.35. The zero-order chi connectivity index (χ0) is 20.5. The van der Waals surface area contributed by atoms with Gasteiger partial charge in [0.15, 0.2) is 5.15 Å². The monoisotopic (exact) mass is 416 g/mol. The molecule has 0 spiro atoms. The maximum atomic E-state index is 12.5. The highest BCUT2D eigenvalue weighted by Crippen LogP contribution is 2.37. The Bertz CT molecular complexity index is 1010. The molecule has 2 aromatic heterocycles. The van der Waals surface area contributed by atoms with Crippen LogP contribution in [0.3, 0.4) is 0 Å². The second-order valence-electron chi connectivity index (χ2n) is 7.78. The van der Waals surface area contributed by atoms with Crippen LogP contribution in [0.15, 0.2) is 36.4 Å². The number of fused-ring (bicyclic) bond motifs is 1. The van der Waals surface area contributed by atoms with Crippen LogP contribution >= 0.6 is 22.9 Å². The Hall–Kier alpha value is -2.11. The SMILES string of the molecule is CCCOc1ccc2cc(-c3ccc(N(C)C(=O)C(C)(C)C)c(Cl)n3)sc2c1. The fourth-order valence-corrected chi connectivity index (χ4v) is 4.22. The van der Waals surface area contributed by atoms with E-state index in [9.17, 15) is 4.79 Å². The van der Waals surface area contributed by atoms with Crippen LogP contribution < -0.4 is 9.64 Å². The van der Waals surface area contributed by atoms with Crippen molar-refractivity contribution in [3.8, 4) is 16.3 Å². The van der Waals surface area contributed by atoms with Crippen molar-refractivity contribution in [2.75, 3.05) is 18.6 Å². The maximum absolute atomic E-state index is 12.5. The molecule has 0 atom stereocenters. The van der Waals surface area contributed by atoms with Gasteiger partial charge in [-0.2, -0.15) is 0 Å². The number of aromatic nitrogens is 1. The molecule has 0 N–H and O–H groups in total. The Kier molecular flexibility index (Phi) is 5.96. The van der Waals surface area contributed by atoms with E-state index in [0.29, 0.717) is 17.4 Å². The Balaban J connectivity index is 1.90. The van der Waals surface area contributed by atoms with Gasteiger partial charge >= 0.3 is 0 Å². The molecule has 0 saturated heterocycles. The fraction of sp³-hybridized carbons (Fsp3) is 0.364. The second kappa shape index (κ2) is 8.10. The molecule has 28 heavy (non-hydrogen) atoms. The maximum Gasteiger partial charge on any atom is 0.232 e. The Morgan fingerprint density at radius 2 is 1.96 bits per heavy atom. The number of halogens is 1. The van der Waals surface area contributed by atoms with Gasteiger partial charge in [0.05, 0.1) is 22.9 Å². The van der Waals surface area contributed by atoms with E-state index in [1.54, 1.807) is 23.3 Å². The van der Waals surface area contributed by atoms with Gasteiger partial charge in [0.25, 0.3) is 0 Å². The van der Waals surface area contributed by atoms with E-state index in [4.69, 9.17) is 16.3 Å². The number of ether oxygens (including phenoxy) is 1. The number of anilines is 1. The Morgan fingerprint density at radius 3 is 2.61 bits per heavy atom. The van der Waals surface area contributed by atoms with E-state index in [2.05, 4.69) is 30.1 Å². The van der Waals surface area contributed by atoms with E-state index >= 15 is 0 Å². The first-order valence-electron chi connectivity index (χ1n) is 9.32. The number of amides is 1. The van der Waals surface area contributed by atoms with Gasteiger partial charge in [-0.1, -0.05) is 39.3 Å². The summed E-state index contributed by atoms with van der Waals surface area (Å²) >= 11 is 8.08. The molecule has 2 heterocycles. The molecule has 0 aliphatic heterocycles. The first-order valence-corrected chi connectivity index (χ1v) is 10.5. The van der Waals surface area contributed by atoms with Crippen molar-refractivity contribution in [3.05, 3.63) is 41.6 Å². The van der Waals surface area contributed by atoms with E-state index in [-0.39, 0.29) is 5.91 Å². The fourth-order valence-electron chi connectivity index (χ4n) is 2.87. The van der Waals surface area contributed by atoms with Crippen LogP contribution in [-0.4, -0.2) is 24.5 Å². The molecule has 0 radical (unpaired) electrons. The van der Waals surface area contributed by atoms with E-state index in [1.165, 1.54) is 0 Å². The molecule has 4 nitrogen and oxygen atoms in total. The normalized spacial score (nSPS) is 11.6. The summed E-state index contributed by atoms with van der Waals surface area (Å²) in [4.78, 5) is 19.7. The largest absolute Gasteiger partial charge is 0.494 e. The van der Waals surface area contributed by atoms with Gasteiger partial charge in [-0.05, 0) is 48.2 Å². The summed E-state index contributed by atoms with van der Waals surface area (Å²) in [6, 6.07) is 12.0. The minimum atomic E-state index is -0.486. The molecule has 0 fully saturated rings. The van der Waals surface area contributed by atoms with Crippen molar-refractivity contribution >= 4 is 44.6 Å². The number of benzene rings is 1. The average Bonchev–Trinajstić information content (AvgIpc) is 3.07. The lowest BCUT2D eigenvalue weighted by Gasteiger charge is -2.26. The topological polar surface area (TPSA) is 42.4 Å². The highest BCUT2D eigenvalue weighted by atomic mass is 35.5. The number of hydrogen-bond donors (Lipinski definition) is 0. The molecule has 148 valence electrons. The molecule has 6 heteroatoms. The third-order valence-corrected chi connectivity index (χ3v) is 5.75. The molecule has 0 bridgehead atoms. The lowest BCUT2D eigenvalue weighted by atomic mass is 9.95. The number of pyridine rings is 1. The van der Waals surface area contributed by atoms with Crippen LogP contribution in [0.2, 0.25) is 5.15 Å². The number of nitrogens with zero attached hydrogens (tertiary/aromatic N) is 2. The summed E-state index contributed by atoms with van der Waals surface area (Å²) < 4.78 is 6.87. The molecule has 0 aliphatic rings. The molecule has 1 aromatic carbocycles. The molecular weight excluding hydrogens is 392 g/mol. The summed E-state index contributed by atoms with van der Waals surface area (Å²) in [6.07, 6.45) is 0.981. The zero-order valence-electron chi connectivity index (χ0n) is 16.9. The highest BCUT2D eigenvalue weighted by molar-refractivity contribution is 7.22. The summed E-state index contributed by atoms with van der Waals surface area (Å²) in [5.41, 5.74) is 0.920. The van der Waals surface area contributed by atoms with Crippen LogP contribution in [0.1, 0.15) is 34.1 Å².